The Balaban J connectivity index is 1.99. The normalized spacial score (nSPS) is 16.4. The average molecular weight is 277 g/mol. The van der Waals surface area contributed by atoms with Crippen molar-refractivity contribution in [1.29, 1.82) is 0 Å². The molecule has 1 amide bonds. The number of carbonyl (C=O) groups is 1. The average Bonchev–Trinajstić information content (AvgIpc) is 2.46. The van der Waals surface area contributed by atoms with Crippen molar-refractivity contribution in [3.8, 4) is 0 Å². The number of hydrogen-bond donors (Lipinski definition) is 1. The monoisotopic (exact) mass is 277 g/mol. The Morgan fingerprint density at radius 1 is 1.25 bits per heavy atom. The molecule has 0 spiro atoms. The number of hydrogen-bond acceptors (Lipinski definition) is 4. The van der Waals surface area contributed by atoms with E-state index in [1.54, 1.807) is 4.90 Å². The minimum absolute atomic E-state index is 0.0603. The Hall–Kier alpha value is -1.62. The topological polar surface area (TPSA) is 56.7 Å². The predicted molar refractivity (Wildman–Crippen MR) is 78.8 cm³/mol. The lowest BCUT2D eigenvalue weighted by Crippen LogP contribution is -2.49. The number of pyridine rings is 1. The first-order chi connectivity index (χ1) is 9.41. The van der Waals surface area contributed by atoms with Gasteiger partial charge in [-0.25, -0.2) is 0 Å². The van der Waals surface area contributed by atoms with E-state index in [0.717, 1.165) is 24.5 Å². The van der Waals surface area contributed by atoms with Gasteiger partial charge in [0.05, 0.1) is 11.9 Å². The summed E-state index contributed by atoms with van der Waals surface area (Å²) < 4.78 is 0. The third-order valence-corrected chi connectivity index (χ3v) is 3.65. The van der Waals surface area contributed by atoms with E-state index in [-0.39, 0.29) is 11.3 Å². The van der Waals surface area contributed by atoms with Gasteiger partial charge in [-0.3, -0.25) is 9.78 Å². The van der Waals surface area contributed by atoms with Gasteiger partial charge < -0.3 is 14.9 Å². The molecule has 5 nitrogen and oxygen atoms in total. The van der Waals surface area contributed by atoms with E-state index in [4.69, 9.17) is 5.11 Å². The zero-order valence-corrected chi connectivity index (χ0v) is 12.5. The van der Waals surface area contributed by atoms with Crippen molar-refractivity contribution >= 4 is 11.6 Å². The Morgan fingerprint density at radius 3 is 2.35 bits per heavy atom. The van der Waals surface area contributed by atoms with Crippen molar-refractivity contribution in [3.05, 3.63) is 24.0 Å². The maximum absolute atomic E-state index is 11.4. The van der Waals surface area contributed by atoms with Crippen molar-refractivity contribution in [2.45, 2.75) is 26.2 Å². The lowest BCUT2D eigenvalue weighted by Gasteiger charge is -2.35. The van der Waals surface area contributed by atoms with Crippen LogP contribution in [0.1, 0.15) is 26.5 Å². The fraction of sp³-hybridized carbons (Fsp3) is 0.600. The molecule has 0 saturated carbocycles. The molecule has 0 unspecified atom stereocenters. The van der Waals surface area contributed by atoms with Crippen LogP contribution in [0.15, 0.2) is 18.3 Å². The van der Waals surface area contributed by atoms with Gasteiger partial charge in [0, 0.05) is 37.3 Å². The van der Waals surface area contributed by atoms with Crippen LogP contribution in [0.4, 0.5) is 5.69 Å². The molecular formula is C15H23N3O2. The first-order valence-corrected chi connectivity index (χ1v) is 7.02. The lowest BCUT2D eigenvalue weighted by atomic mass is 9.92. The van der Waals surface area contributed by atoms with Crippen LogP contribution >= 0.6 is 0 Å². The summed E-state index contributed by atoms with van der Waals surface area (Å²) in [5, 5.41) is 8.86. The number of rotatable bonds is 2. The largest absolute Gasteiger partial charge is 0.387 e. The molecule has 0 bridgehead atoms. The number of aliphatic hydroxyl groups is 1. The third kappa shape index (κ3) is 3.28. The first kappa shape index (κ1) is 14.8. The van der Waals surface area contributed by atoms with Gasteiger partial charge in [-0.15, -0.1) is 0 Å². The molecule has 0 aromatic carbocycles. The summed E-state index contributed by atoms with van der Waals surface area (Å²) in [6.45, 7) is 8.91. The number of aliphatic hydroxyl groups excluding tert-OH is 1. The fourth-order valence-corrected chi connectivity index (χ4v) is 2.33. The van der Waals surface area contributed by atoms with Gasteiger partial charge in [0.25, 0.3) is 0 Å². The molecule has 1 aromatic heterocycles. The summed E-state index contributed by atoms with van der Waals surface area (Å²) in [4.78, 5) is 19.9. The summed E-state index contributed by atoms with van der Waals surface area (Å²) in [5.74, 6) is -0.189. The zero-order chi connectivity index (χ0) is 14.8. The van der Waals surface area contributed by atoms with Crippen LogP contribution in [-0.2, 0) is 10.2 Å². The van der Waals surface area contributed by atoms with Crippen LogP contribution in [0.5, 0.6) is 0 Å². The molecule has 1 aliphatic heterocycles. The van der Waals surface area contributed by atoms with E-state index >= 15 is 0 Å². The van der Waals surface area contributed by atoms with E-state index in [9.17, 15) is 4.79 Å². The molecule has 1 saturated heterocycles. The van der Waals surface area contributed by atoms with E-state index < -0.39 is 6.61 Å². The quantitative estimate of drug-likeness (QED) is 0.877. The smallest absolute Gasteiger partial charge is 0.248 e. The maximum atomic E-state index is 11.4. The minimum Gasteiger partial charge on any atom is -0.387 e. The second-order valence-electron chi connectivity index (χ2n) is 6.18. The Bertz CT molecular complexity index is 457. The third-order valence-electron chi connectivity index (χ3n) is 3.65. The van der Waals surface area contributed by atoms with Crippen molar-refractivity contribution in [2.24, 2.45) is 0 Å². The molecule has 2 heterocycles. The molecule has 1 aliphatic rings. The van der Waals surface area contributed by atoms with Crippen molar-refractivity contribution in [3.63, 3.8) is 0 Å². The van der Waals surface area contributed by atoms with E-state index in [1.807, 2.05) is 6.20 Å². The predicted octanol–water partition coefficient (Wildman–Crippen LogP) is 1.02. The number of anilines is 1. The van der Waals surface area contributed by atoms with Crippen LogP contribution in [0.3, 0.4) is 0 Å². The molecule has 0 radical (unpaired) electrons. The first-order valence-electron chi connectivity index (χ1n) is 7.02. The molecule has 5 heteroatoms. The van der Waals surface area contributed by atoms with E-state index in [1.165, 1.54) is 0 Å². The SMILES string of the molecule is CC(C)(C)c1ccc(N2CCN(C(=O)CO)CC2)cn1. The highest BCUT2D eigenvalue weighted by Crippen LogP contribution is 2.22. The maximum Gasteiger partial charge on any atom is 0.248 e. The van der Waals surface area contributed by atoms with Gasteiger partial charge >= 0.3 is 0 Å². The van der Waals surface area contributed by atoms with E-state index in [2.05, 4.69) is 42.8 Å². The number of amides is 1. The summed E-state index contributed by atoms with van der Waals surface area (Å²) in [7, 11) is 0. The van der Waals surface area contributed by atoms with Crippen LogP contribution < -0.4 is 4.90 Å². The highest BCUT2D eigenvalue weighted by Gasteiger charge is 2.21. The number of aromatic nitrogens is 1. The molecule has 0 aliphatic carbocycles. The Morgan fingerprint density at radius 2 is 1.90 bits per heavy atom. The Labute approximate surface area is 120 Å². The minimum atomic E-state index is -0.401. The van der Waals surface area contributed by atoms with Gasteiger partial charge in [-0.2, -0.15) is 0 Å². The summed E-state index contributed by atoms with van der Waals surface area (Å²) in [6, 6.07) is 4.16. The van der Waals surface area contributed by atoms with Gasteiger partial charge in [0.1, 0.15) is 6.61 Å². The molecule has 1 fully saturated rings. The molecule has 2 rings (SSSR count). The lowest BCUT2D eigenvalue weighted by molar-refractivity contribution is -0.134. The molecule has 20 heavy (non-hydrogen) atoms. The van der Waals surface area contributed by atoms with Gasteiger partial charge in [-0.05, 0) is 12.1 Å². The van der Waals surface area contributed by atoms with Gasteiger partial charge in [0.2, 0.25) is 5.91 Å². The number of nitrogens with zero attached hydrogens (tertiary/aromatic N) is 3. The Kier molecular flexibility index (Phi) is 4.28. The summed E-state index contributed by atoms with van der Waals surface area (Å²) >= 11 is 0. The second-order valence-corrected chi connectivity index (χ2v) is 6.18. The zero-order valence-electron chi connectivity index (χ0n) is 12.5. The van der Waals surface area contributed by atoms with Crippen LogP contribution in [0.2, 0.25) is 0 Å². The van der Waals surface area contributed by atoms with Crippen LogP contribution in [-0.4, -0.2) is 53.7 Å². The highest BCUT2D eigenvalue weighted by atomic mass is 16.3. The van der Waals surface area contributed by atoms with Gasteiger partial charge in [-0.1, -0.05) is 20.8 Å². The van der Waals surface area contributed by atoms with E-state index in [0.29, 0.717) is 13.1 Å². The standard InChI is InChI=1S/C15H23N3O2/c1-15(2,3)13-5-4-12(10-16-13)17-6-8-18(9-7-17)14(20)11-19/h4-5,10,19H,6-9,11H2,1-3H3. The second kappa shape index (κ2) is 5.79. The van der Waals surface area contributed by atoms with Crippen molar-refractivity contribution in [1.82, 2.24) is 9.88 Å². The van der Waals surface area contributed by atoms with Crippen LogP contribution in [0.25, 0.3) is 0 Å². The molecule has 1 aromatic rings. The van der Waals surface area contributed by atoms with Crippen molar-refractivity contribution < 1.29 is 9.90 Å². The highest BCUT2D eigenvalue weighted by molar-refractivity contribution is 5.77. The number of piperazine rings is 1. The molecule has 1 N–H and O–H groups in total. The van der Waals surface area contributed by atoms with Crippen LogP contribution in [0, 0.1) is 0 Å². The van der Waals surface area contributed by atoms with Gasteiger partial charge in [0.15, 0.2) is 0 Å². The molecule has 0 atom stereocenters. The summed E-state index contributed by atoms with van der Waals surface area (Å²) in [6.07, 6.45) is 1.91. The number of carbonyl (C=O) groups excluding carboxylic acids is 1. The molecule has 110 valence electrons. The van der Waals surface area contributed by atoms with Crippen molar-refractivity contribution in [2.75, 3.05) is 37.7 Å². The molecular weight excluding hydrogens is 254 g/mol. The fourth-order valence-electron chi connectivity index (χ4n) is 2.33. The summed E-state index contributed by atoms with van der Waals surface area (Å²) in [5.41, 5.74) is 2.23.